The molecule has 26 heavy (non-hydrogen) atoms. The Kier molecular flexibility index (Phi) is 9.92. The molecule has 0 amide bonds. The molecule has 142 valence electrons. The van der Waals surface area contributed by atoms with E-state index in [1.807, 2.05) is 6.20 Å². The monoisotopic (exact) mass is 353 g/mol. The molecule has 0 unspecified atom stereocenters. The van der Waals surface area contributed by atoms with Crippen molar-refractivity contribution in [3.05, 3.63) is 41.7 Å². The zero-order chi connectivity index (χ0) is 18.5. The van der Waals surface area contributed by atoms with Crippen LogP contribution < -0.4 is 0 Å². The first-order chi connectivity index (χ1) is 12.8. The largest absolute Gasteiger partial charge is 0.254 e. The summed E-state index contributed by atoms with van der Waals surface area (Å²) in [6, 6.07) is 8.42. The van der Waals surface area contributed by atoms with E-state index in [9.17, 15) is 0 Å². The molecule has 2 rings (SSSR count). The maximum atomic E-state index is 4.59. The first kappa shape index (κ1) is 20.5. The van der Waals surface area contributed by atoms with Gasteiger partial charge in [0, 0.05) is 6.20 Å². The van der Waals surface area contributed by atoms with Crippen LogP contribution in [0.4, 0.5) is 0 Å². The van der Waals surface area contributed by atoms with Gasteiger partial charge in [0.05, 0.1) is 11.4 Å². The lowest BCUT2D eigenvalue weighted by atomic mass is 10.1. The molecule has 0 aliphatic heterocycles. The molecule has 3 nitrogen and oxygen atoms in total. The van der Waals surface area contributed by atoms with E-state index in [0.717, 1.165) is 29.9 Å². The van der Waals surface area contributed by atoms with E-state index >= 15 is 0 Å². The summed E-state index contributed by atoms with van der Waals surface area (Å²) < 4.78 is 0. The van der Waals surface area contributed by atoms with Crippen molar-refractivity contribution in [1.29, 1.82) is 0 Å². The predicted molar refractivity (Wildman–Crippen MR) is 110 cm³/mol. The summed E-state index contributed by atoms with van der Waals surface area (Å²) in [5.41, 5.74) is 4.20. The highest BCUT2D eigenvalue weighted by atomic mass is 15.1. The van der Waals surface area contributed by atoms with Crippen LogP contribution in [0.5, 0.6) is 0 Å². The van der Waals surface area contributed by atoms with Gasteiger partial charge in [0.15, 0.2) is 0 Å². The first-order valence-corrected chi connectivity index (χ1v) is 10.6. The fraction of sp³-hybridized carbons (Fsp3) is 0.609. The van der Waals surface area contributed by atoms with Crippen LogP contribution in [0.25, 0.3) is 11.4 Å². The lowest BCUT2D eigenvalue weighted by molar-refractivity contribution is 0.625. The van der Waals surface area contributed by atoms with Gasteiger partial charge in [-0.2, -0.15) is 5.10 Å². The molecule has 0 saturated heterocycles. The number of aromatic nitrogens is 3. The molecule has 0 aliphatic carbocycles. The Morgan fingerprint density at radius 3 is 1.85 bits per heavy atom. The van der Waals surface area contributed by atoms with E-state index in [1.165, 1.54) is 69.8 Å². The van der Waals surface area contributed by atoms with Crippen molar-refractivity contribution >= 4 is 0 Å². The average molecular weight is 354 g/mol. The summed E-state index contributed by atoms with van der Waals surface area (Å²) in [5.74, 6) is 0. The normalized spacial score (nSPS) is 11.0. The summed E-state index contributed by atoms with van der Waals surface area (Å²) in [6.45, 7) is 4.50. The van der Waals surface area contributed by atoms with Gasteiger partial charge in [-0.15, -0.1) is 5.10 Å². The van der Waals surface area contributed by atoms with Crippen LogP contribution in [-0.2, 0) is 12.8 Å². The average Bonchev–Trinajstić information content (AvgIpc) is 2.69. The predicted octanol–water partition coefficient (Wildman–Crippen LogP) is 6.56. The Bertz CT molecular complexity index is 534. The number of aryl methyl sites for hydroxylation is 2. The molecule has 0 fully saturated rings. The first-order valence-electron chi connectivity index (χ1n) is 10.6. The van der Waals surface area contributed by atoms with Gasteiger partial charge in [0.2, 0.25) is 0 Å². The molecule has 0 aliphatic rings. The Morgan fingerprint density at radius 2 is 1.27 bits per heavy atom. The minimum absolute atomic E-state index is 0.870. The fourth-order valence-corrected chi connectivity index (χ4v) is 3.20. The highest BCUT2D eigenvalue weighted by Gasteiger charge is 2.04. The number of rotatable bonds is 13. The van der Waals surface area contributed by atoms with Crippen molar-refractivity contribution in [3.8, 4) is 11.4 Å². The maximum absolute atomic E-state index is 4.59. The summed E-state index contributed by atoms with van der Waals surface area (Å²) in [6.07, 6.45) is 17.2. The van der Waals surface area contributed by atoms with E-state index < -0.39 is 0 Å². The number of hydrogen-bond donors (Lipinski definition) is 0. The third-order valence-electron chi connectivity index (χ3n) is 4.91. The lowest BCUT2D eigenvalue weighted by Gasteiger charge is -2.04. The van der Waals surface area contributed by atoms with Gasteiger partial charge in [0.1, 0.15) is 5.69 Å². The third-order valence-corrected chi connectivity index (χ3v) is 4.91. The zero-order valence-electron chi connectivity index (χ0n) is 16.7. The minimum Gasteiger partial charge on any atom is -0.254 e. The Morgan fingerprint density at radius 1 is 0.615 bits per heavy atom. The van der Waals surface area contributed by atoms with Crippen LogP contribution in [0, 0.1) is 0 Å². The van der Waals surface area contributed by atoms with Crippen molar-refractivity contribution in [3.63, 3.8) is 0 Å². The molecule has 0 aromatic carbocycles. The summed E-state index contributed by atoms with van der Waals surface area (Å²) >= 11 is 0. The summed E-state index contributed by atoms with van der Waals surface area (Å²) in [7, 11) is 0. The quantitative estimate of drug-likeness (QED) is 0.382. The lowest BCUT2D eigenvalue weighted by Crippen LogP contribution is -1.97. The van der Waals surface area contributed by atoms with Crippen LogP contribution in [0.15, 0.2) is 30.5 Å². The molecule has 0 spiro atoms. The smallest absolute Gasteiger partial charge is 0.111 e. The maximum Gasteiger partial charge on any atom is 0.111 e. The summed E-state index contributed by atoms with van der Waals surface area (Å²) in [4.78, 5) is 4.59. The van der Waals surface area contributed by atoms with Crippen molar-refractivity contribution in [2.24, 2.45) is 0 Å². The minimum atomic E-state index is 0.870. The molecule has 2 heterocycles. The van der Waals surface area contributed by atoms with Crippen LogP contribution in [-0.4, -0.2) is 15.2 Å². The van der Waals surface area contributed by atoms with Gasteiger partial charge < -0.3 is 0 Å². The van der Waals surface area contributed by atoms with E-state index in [0.29, 0.717) is 0 Å². The Labute approximate surface area is 159 Å². The van der Waals surface area contributed by atoms with Gasteiger partial charge in [-0.25, -0.2) is 0 Å². The van der Waals surface area contributed by atoms with Crippen LogP contribution in [0.2, 0.25) is 0 Å². The van der Waals surface area contributed by atoms with Gasteiger partial charge in [0.25, 0.3) is 0 Å². The molecule has 0 saturated carbocycles. The van der Waals surface area contributed by atoms with Gasteiger partial charge in [-0.3, -0.25) is 4.98 Å². The van der Waals surface area contributed by atoms with Crippen molar-refractivity contribution in [2.75, 3.05) is 0 Å². The zero-order valence-corrected chi connectivity index (χ0v) is 16.7. The van der Waals surface area contributed by atoms with E-state index in [2.05, 4.69) is 53.3 Å². The molecule has 0 radical (unpaired) electrons. The van der Waals surface area contributed by atoms with Crippen molar-refractivity contribution < 1.29 is 0 Å². The molecule has 2 aromatic heterocycles. The fourth-order valence-electron chi connectivity index (χ4n) is 3.20. The van der Waals surface area contributed by atoms with Crippen molar-refractivity contribution in [2.45, 2.75) is 90.9 Å². The molecule has 0 N–H and O–H groups in total. The van der Waals surface area contributed by atoms with Gasteiger partial charge in [-0.05, 0) is 49.4 Å². The van der Waals surface area contributed by atoms with E-state index in [-0.39, 0.29) is 0 Å². The van der Waals surface area contributed by atoms with E-state index in [4.69, 9.17) is 0 Å². The number of unbranched alkanes of at least 4 members (excludes halogenated alkanes) is 8. The second-order valence-corrected chi connectivity index (χ2v) is 7.29. The van der Waals surface area contributed by atoms with Gasteiger partial charge >= 0.3 is 0 Å². The third kappa shape index (κ3) is 7.63. The van der Waals surface area contributed by atoms with Crippen molar-refractivity contribution in [1.82, 2.24) is 15.2 Å². The number of hydrogen-bond acceptors (Lipinski definition) is 3. The Balaban J connectivity index is 1.77. The topological polar surface area (TPSA) is 38.7 Å². The molecule has 2 aromatic rings. The van der Waals surface area contributed by atoms with Crippen LogP contribution >= 0.6 is 0 Å². The highest BCUT2D eigenvalue weighted by Crippen LogP contribution is 2.16. The second-order valence-electron chi connectivity index (χ2n) is 7.29. The standard InChI is InChI=1S/C23H35N3/c1-3-5-7-9-11-13-20-15-17-22(24-19-20)23-18-16-21(25-26-23)14-12-10-8-6-4-2/h15-19H,3-14H2,1-2H3. The Hall–Kier alpha value is -1.77. The molecule has 0 bridgehead atoms. The SMILES string of the molecule is CCCCCCCc1ccc(-c2ccc(CCCCCCC)nn2)nc1. The molecular weight excluding hydrogens is 318 g/mol. The highest BCUT2D eigenvalue weighted by molar-refractivity contribution is 5.53. The van der Waals surface area contributed by atoms with Gasteiger partial charge in [-0.1, -0.05) is 71.3 Å². The van der Waals surface area contributed by atoms with E-state index in [1.54, 1.807) is 0 Å². The second kappa shape index (κ2) is 12.6. The molecule has 3 heteroatoms. The van der Waals surface area contributed by atoms with Crippen LogP contribution in [0.3, 0.4) is 0 Å². The number of nitrogens with zero attached hydrogens (tertiary/aromatic N) is 3. The summed E-state index contributed by atoms with van der Waals surface area (Å²) in [5, 5.41) is 8.76. The number of pyridine rings is 1. The molecular formula is C23H35N3. The molecule has 0 atom stereocenters. The van der Waals surface area contributed by atoms with Crippen LogP contribution in [0.1, 0.15) is 89.3 Å².